The number of nitro groups is 1. The number of hydrogen-bond acceptors (Lipinski definition) is 5. The van der Waals surface area contributed by atoms with Crippen LogP contribution in [-0.4, -0.2) is 36.4 Å². The van der Waals surface area contributed by atoms with Crippen molar-refractivity contribution in [1.82, 2.24) is 4.90 Å². The van der Waals surface area contributed by atoms with E-state index < -0.39 is 26.4 Å². The zero-order valence-electron chi connectivity index (χ0n) is 15.1. The summed E-state index contributed by atoms with van der Waals surface area (Å²) in [4.78, 5) is 25.0. The molecule has 1 saturated carbocycles. The summed E-state index contributed by atoms with van der Waals surface area (Å²) < 4.78 is 23.7. The summed E-state index contributed by atoms with van der Waals surface area (Å²) in [5.41, 5.74) is 1.67. The summed E-state index contributed by atoms with van der Waals surface area (Å²) in [6.07, 6.45) is 2.70. The highest BCUT2D eigenvalue weighted by atomic mass is 32.2. The van der Waals surface area contributed by atoms with Crippen LogP contribution < -0.4 is 0 Å². The number of hydrogen-bond donors (Lipinski definition) is 0. The normalized spacial score (nSPS) is 14.0. The average Bonchev–Trinajstić information content (AvgIpc) is 3.44. The minimum atomic E-state index is -3.68. The van der Waals surface area contributed by atoms with E-state index in [1.807, 2.05) is 31.2 Å². The van der Waals surface area contributed by atoms with Gasteiger partial charge in [-0.3, -0.25) is 14.9 Å². The number of carbonyl (C=O) groups excluding carboxylic acids is 1. The molecule has 8 heteroatoms. The molecule has 0 N–H and O–H groups in total. The molecule has 27 heavy (non-hydrogen) atoms. The topological polar surface area (TPSA) is 97.6 Å². The van der Waals surface area contributed by atoms with Gasteiger partial charge in [-0.15, -0.1) is 0 Å². The SMILES string of the molecule is Cc1ccc(CN(C(=O)c2cc([N+](=O)[O-])cc(S(C)(=O)=O)c2)C2CC2)cc1. The summed E-state index contributed by atoms with van der Waals surface area (Å²) >= 11 is 0. The van der Waals surface area contributed by atoms with E-state index in [1.54, 1.807) is 4.90 Å². The van der Waals surface area contributed by atoms with Gasteiger partial charge in [0.15, 0.2) is 9.84 Å². The van der Waals surface area contributed by atoms with E-state index in [2.05, 4.69) is 0 Å². The van der Waals surface area contributed by atoms with Gasteiger partial charge >= 0.3 is 0 Å². The Labute approximate surface area is 157 Å². The van der Waals surface area contributed by atoms with Crippen molar-refractivity contribution in [1.29, 1.82) is 0 Å². The first kappa shape index (κ1) is 19.0. The number of amides is 1. The van der Waals surface area contributed by atoms with Gasteiger partial charge in [-0.25, -0.2) is 8.42 Å². The van der Waals surface area contributed by atoms with Crippen LogP contribution in [0.1, 0.15) is 34.3 Å². The minimum Gasteiger partial charge on any atom is -0.331 e. The molecule has 0 aromatic heterocycles. The molecule has 2 aromatic carbocycles. The second-order valence-corrected chi connectivity index (χ2v) is 8.91. The van der Waals surface area contributed by atoms with Crippen molar-refractivity contribution in [3.8, 4) is 0 Å². The van der Waals surface area contributed by atoms with Crippen LogP contribution in [0, 0.1) is 17.0 Å². The molecule has 0 atom stereocenters. The predicted molar refractivity (Wildman–Crippen MR) is 100 cm³/mol. The highest BCUT2D eigenvalue weighted by Crippen LogP contribution is 2.31. The van der Waals surface area contributed by atoms with Gasteiger partial charge < -0.3 is 4.90 Å². The number of non-ortho nitro benzene ring substituents is 1. The lowest BCUT2D eigenvalue weighted by Crippen LogP contribution is -2.32. The predicted octanol–water partition coefficient (Wildman–Crippen LogP) is 3.11. The number of rotatable bonds is 6. The number of nitro benzene ring substituents is 1. The zero-order valence-corrected chi connectivity index (χ0v) is 15.9. The molecule has 3 rings (SSSR count). The van der Waals surface area contributed by atoms with Gasteiger partial charge in [0, 0.05) is 36.5 Å². The zero-order chi connectivity index (χ0) is 19.8. The standard InChI is InChI=1S/C19H20N2O5S/c1-13-3-5-14(6-4-13)12-20(16-7-8-16)19(22)15-9-17(21(23)24)11-18(10-15)27(2,25)26/h3-6,9-11,16H,7-8,12H2,1-2H3. The fraction of sp³-hybridized carbons (Fsp3) is 0.316. The van der Waals surface area contributed by atoms with Crippen LogP contribution in [0.25, 0.3) is 0 Å². The Morgan fingerprint density at radius 2 is 1.81 bits per heavy atom. The maximum atomic E-state index is 13.1. The van der Waals surface area contributed by atoms with Crippen molar-refractivity contribution in [3.05, 3.63) is 69.3 Å². The quantitative estimate of drug-likeness (QED) is 0.559. The third kappa shape index (κ3) is 4.51. The average molecular weight is 388 g/mol. The van der Waals surface area contributed by atoms with Crippen LogP contribution in [0.2, 0.25) is 0 Å². The Balaban J connectivity index is 1.97. The lowest BCUT2D eigenvalue weighted by atomic mass is 10.1. The second-order valence-electron chi connectivity index (χ2n) is 6.89. The maximum Gasteiger partial charge on any atom is 0.271 e. The van der Waals surface area contributed by atoms with E-state index >= 15 is 0 Å². The molecule has 0 heterocycles. The summed E-state index contributed by atoms with van der Waals surface area (Å²) in [6, 6.07) is 11.2. The molecule has 1 amide bonds. The molecule has 1 aliphatic carbocycles. The van der Waals surface area contributed by atoms with Crippen molar-refractivity contribution in [3.63, 3.8) is 0 Å². The molecule has 0 saturated heterocycles. The Morgan fingerprint density at radius 3 is 2.33 bits per heavy atom. The Morgan fingerprint density at radius 1 is 1.19 bits per heavy atom. The number of carbonyl (C=O) groups is 1. The molecule has 2 aromatic rings. The first-order chi connectivity index (χ1) is 12.6. The lowest BCUT2D eigenvalue weighted by molar-refractivity contribution is -0.385. The van der Waals surface area contributed by atoms with Crippen molar-refractivity contribution in [2.45, 2.75) is 37.2 Å². The van der Waals surface area contributed by atoms with Gasteiger partial charge in [0.1, 0.15) is 0 Å². The molecule has 0 radical (unpaired) electrons. The van der Waals surface area contributed by atoms with E-state index in [9.17, 15) is 23.3 Å². The van der Waals surface area contributed by atoms with Gasteiger partial charge in [0.05, 0.1) is 9.82 Å². The van der Waals surface area contributed by atoms with Crippen molar-refractivity contribution in [2.75, 3.05) is 6.26 Å². The fourth-order valence-electron chi connectivity index (χ4n) is 2.84. The molecule has 0 spiro atoms. The molecule has 7 nitrogen and oxygen atoms in total. The van der Waals surface area contributed by atoms with E-state index in [0.717, 1.165) is 42.4 Å². The van der Waals surface area contributed by atoms with Crippen LogP contribution in [0.5, 0.6) is 0 Å². The van der Waals surface area contributed by atoms with Crippen LogP contribution in [0.4, 0.5) is 5.69 Å². The fourth-order valence-corrected chi connectivity index (χ4v) is 3.51. The van der Waals surface area contributed by atoms with Gasteiger partial charge in [0.2, 0.25) is 0 Å². The molecule has 0 unspecified atom stereocenters. The Bertz CT molecular complexity index is 995. The number of sulfone groups is 1. The second kappa shape index (κ2) is 7.11. The van der Waals surface area contributed by atoms with Gasteiger partial charge in [-0.05, 0) is 31.4 Å². The largest absolute Gasteiger partial charge is 0.331 e. The van der Waals surface area contributed by atoms with E-state index in [1.165, 1.54) is 6.07 Å². The highest BCUT2D eigenvalue weighted by Gasteiger charge is 2.34. The molecule has 1 aliphatic rings. The first-order valence-corrected chi connectivity index (χ1v) is 10.4. The summed E-state index contributed by atoms with van der Waals surface area (Å²) in [5.74, 6) is -0.397. The molecule has 142 valence electrons. The smallest absolute Gasteiger partial charge is 0.271 e. The first-order valence-electron chi connectivity index (χ1n) is 8.51. The van der Waals surface area contributed by atoms with Crippen LogP contribution >= 0.6 is 0 Å². The van der Waals surface area contributed by atoms with Crippen LogP contribution in [-0.2, 0) is 16.4 Å². The van der Waals surface area contributed by atoms with Crippen molar-refractivity contribution >= 4 is 21.4 Å². The van der Waals surface area contributed by atoms with Crippen molar-refractivity contribution in [2.24, 2.45) is 0 Å². The minimum absolute atomic E-state index is 0.0173. The molecular formula is C19H20N2O5S. The molecule has 0 aliphatic heterocycles. The third-order valence-electron chi connectivity index (χ3n) is 4.50. The Hall–Kier alpha value is -2.74. The number of aryl methyl sites for hydroxylation is 1. The summed E-state index contributed by atoms with van der Waals surface area (Å²) in [5, 5.41) is 11.2. The van der Waals surface area contributed by atoms with Gasteiger partial charge in [0.25, 0.3) is 11.6 Å². The lowest BCUT2D eigenvalue weighted by Gasteiger charge is -2.23. The third-order valence-corrected chi connectivity index (χ3v) is 5.59. The summed E-state index contributed by atoms with van der Waals surface area (Å²) in [7, 11) is -3.68. The highest BCUT2D eigenvalue weighted by molar-refractivity contribution is 7.90. The van der Waals surface area contributed by atoms with E-state index in [0.29, 0.717) is 6.54 Å². The Kier molecular flexibility index (Phi) is 5.01. The molecule has 1 fully saturated rings. The van der Waals surface area contributed by atoms with E-state index in [4.69, 9.17) is 0 Å². The van der Waals surface area contributed by atoms with Gasteiger partial charge in [-0.1, -0.05) is 29.8 Å². The summed E-state index contributed by atoms with van der Waals surface area (Å²) in [6.45, 7) is 2.35. The number of benzene rings is 2. The van der Waals surface area contributed by atoms with Gasteiger partial charge in [-0.2, -0.15) is 0 Å². The van der Waals surface area contributed by atoms with Crippen LogP contribution in [0.3, 0.4) is 0 Å². The molecule has 0 bridgehead atoms. The maximum absolute atomic E-state index is 13.1. The van der Waals surface area contributed by atoms with Crippen LogP contribution in [0.15, 0.2) is 47.4 Å². The number of nitrogens with zero attached hydrogens (tertiary/aromatic N) is 2. The molecular weight excluding hydrogens is 368 g/mol. The monoisotopic (exact) mass is 388 g/mol. The van der Waals surface area contributed by atoms with E-state index in [-0.39, 0.29) is 16.5 Å². The van der Waals surface area contributed by atoms with Crippen molar-refractivity contribution < 1.29 is 18.1 Å².